The summed E-state index contributed by atoms with van der Waals surface area (Å²) in [6.45, 7) is 3.98. The van der Waals surface area contributed by atoms with Crippen molar-refractivity contribution in [2.45, 2.75) is 38.8 Å². The maximum absolute atomic E-state index is 12.5. The molecule has 0 unspecified atom stereocenters. The van der Waals surface area contributed by atoms with Crippen molar-refractivity contribution in [3.05, 3.63) is 76.6 Å². The molecule has 28 heavy (non-hydrogen) atoms. The van der Waals surface area contributed by atoms with Crippen LogP contribution in [0.4, 0.5) is 5.13 Å². The standard InChI is InChI=1S/C22H24N4OS/c1-2-16-8-10-17(11-9-16)21(27)25-22-24-19(15-28-22)20-7-5-13-26(20)14-18-6-3-4-12-23-18/h3-4,6,8-12,15,20H,2,5,7,13-14H2,1H3,(H,24,25,27)/t20-/m0/s1. The van der Waals surface area contributed by atoms with Gasteiger partial charge in [0.2, 0.25) is 0 Å². The molecule has 0 spiro atoms. The highest BCUT2D eigenvalue weighted by molar-refractivity contribution is 7.14. The molecule has 144 valence electrons. The van der Waals surface area contributed by atoms with Gasteiger partial charge in [-0.25, -0.2) is 4.98 Å². The number of aromatic nitrogens is 2. The second-order valence-corrected chi connectivity index (χ2v) is 7.89. The lowest BCUT2D eigenvalue weighted by atomic mass is 10.1. The lowest BCUT2D eigenvalue weighted by molar-refractivity contribution is 0.102. The molecule has 1 atom stereocenters. The minimum atomic E-state index is -0.111. The molecule has 6 heteroatoms. The molecule has 3 aromatic rings. The summed E-state index contributed by atoms with van der Waals surface area (Å²) in [5.41, 5.74) is 4.00. The highest BCUT2D eigenvalue weighted by Gasteiger charge is 2.28. The smallest absolute Gasteiger partial charge is 0.257 e. The van der Waals surface area contributed by atoms with Crippen LogP contribution in [0.5, 0.6) is 0 Å². The van der Waals surface area contributed by atoms with Crippen LogP contribution in [0.25, 0.3) is 0 Å². The Morgan fingerprint density at radius 3 is 2.86 bits per heavy atom. The number of likely N-dealkylation sites (tertiary alicyclic amines) is 1. The Morgan fingerprint density at radius 1 is 1.25 bits per heavy atom. The number of rotatable bonds is 6. The van der Waals surface area contributed by atoms with E-state index in [1.165, 1.54) is 16.9 Å². The molecular formula is C22H24N4OS. The third kappa shape index (κ3) is 4.29. The first-order chi connectivity index (χ1) is 13.7. The van der Waals surface area contributed by atoms with Gasteiger partial charge in [-0.15, -0.1) is 11.3 Å². The van der Waals surface area contributed by atoms with Gasteiger partial charge in [0.05, 0.1) is 17.4 Å². The Kier molecular flexibility index (Phi) is 5.78. The van der Waals surface area contributed by atoms with E-state index in [2.05, 4.69) is 33.6 Å². The van der Waals surface area contributed by atoms with Crippen molar-refractivity contribution in [3.8, 4) is 0 Å². The van der Waals surface area contributed by atoms with Crippen molar-refractivity contribution in [2.24, 2.45) is 0 Å². The normalized spacial score (nSPS) is 17.0. The van der Waals surface area contributed by atoms with Crippen molar-refractivity contribution in [1.82, 2.24) is 14.9 Å². The van der Waals surface area contributed by atoms with E-state index in [0.717, 1.165) is 43.7 Å². The van der Waals surface area contributed by atoms with Crippen molar-refractivity contribution >= 4 is 22.4 Å². The molecule has 0 radical (unpaired) electrons. The van der Waals surface area contributed by atoms with Crippen LogP contribution >= 0.6 is 11.3 Å². The summed E-state index contributed by atoms with van der Waals surface area (Å²) in [5, 5.41) is 5.67. The van der Waals surface area contributed by atoms with Gasteiger partial charge in [0.15, 0.2) is 5.13 Å². The number of nitrogens with one attached hydrogen (secondary N) is 1. The quantitative estimate of drug-likeness (QED) is 0.661. The van der Waals surface area contributed by atoms with Gasteiger partial charge in [0.25, 0.3) is 5.91 Å². The molecule has 1 N–H and O–H groups in total. The Bertz CT molecular complexity index is 923. The fourth-order valence-corrected chi connectivity index (χ4v) is 4.36. The number of amides is 1. The molecule has 5 nitrogen and oxygen atoms in total. The number of carbonyl (C=O) groups excluding carboxylic acids is 1. The predicted octanol–water partition coefficient (Wildman–Crippen LogP) is 4.69. The Hall–Kier alpha value is -2.57. The van der Waals surface area contributed by atoms with Crippen molar-refractivity contribution < 1.29 is 4.79 Å². The van der Waals surface area contributed by atoms with Crippen LogP contribution in [0.1, 0.15) is 53.1 Å². The molecule has 1 saturated heterocycles. The first kappa shape index (κ1) is 18.8. The fraction of sp³-hybridized carbons (Fsp3) is 0.318. The zero-order valence-corrected chi connectivity index (χ0v) is 16.8. The van der Waals surface area contributed by atoms with E-state index in [4.69, 9.17) is 4.98 Å². The number of aryl methyl sites for hydroxylation is 1. The van der Waals surface area contributed by atoms with Crippen molar-refractivity contribution in [2.75, 3.05) is 11.9 Å². The van der Waals surface area contributed by atoms with E-state index < -0.39 is 0 Å². The van der Waals surface area contributed by atoms with E-state index in [9.17, 15) is 4.79 Å². The van der Waals surface area contributed by atoms with E-state index >= 15 is 0 Å². The zero-order valence-electron chi connectivity index (χ0n) is 16.0. The van der Waals surface area contributed by atoms with Crippen LogP contribution in [-0.4, -0.2) is 27.3 Å². The Labute approximate surface area is 169 Å². The largest absolute Gasteiger partial charge is 0.298 e. The second-order valence-electron chi connectivity index (χ2n) is 7.03. The maximum Gasteiger partial charge on any atom is 0.257 e. The lowest BCUT2D eigenvalue weighted by Gasteiger charge is -2.22. The second kappa shape index (κ2) is 8.63. The number of nitrogens with zero attached hydrogens (tertiary/aromatic N) is 3. The Balaban J connectivity index is 1.42. The molecule has 3 heterocycles. The summed E-state index contributed by atoms with van der Waals surface area (Å²) in [4.78, 5) is 24.1. The first-order valence-corrected chi connectivity index (χ1v) is 10.6. The molecule has 4 rings (SSSR count). The molecule has 0 bridgehead atoms. The molecule has 0 aliphatic carbocycles. The maximum atomic E-state index is 12.5. The van der Waals surface area contributed by atoms with Gasteiger partial charge in [-0.2, -0.15) is 0 Å². The summed E-state index contributed by atoms with van der Waals surface area (Å²) in [6.07, 6.45) is 5.04. The fourth-order valence-electron chi connectivity index (χ4n) is 3.61. The third-order valence-electron chi connectivity index (χ3n) is 5.16. The molecule has 1 aliphatic rings. The highest BCUT2D eigenvalue weighted by atomic mass is 32.1. The molecule has 1 amide bonds. The predicted molar refractivity (Wildman–Crippen MR) is 113 cm³/mol. The highest BCUT2D eigenvalue weighted by Crippen LogP contribution is 2.34. The van der Waals surface area contributed by atoms with E-state index in [1.54, 1.807) is 0 Å². The van der Waals surface area contributed by atoms with Crippen molar-refractivity contribution in [3.63, 3.8) is 0 Å². The lowest BCUT2D eigenvalue weighted by Crippen LogP contribution is -2.23. The van der Waals surface area contributed by atoms with Gasteiger partial charge in [0, 0.05) is 23.7 Å². The number of hydrogen-bond donors (Lipinski definition) is 1. The average molecular weight is 393 g/mol. The summed E-state index contributed by atoms with van der Waals surface area (Å²) in [6, 6.07) is 14.0. The van der Waals surface area contributed by atoms with Gasteiger partial charge >= 0.3 is 0 Å². The van der Waals surface area contributed by atoms with Crippen molar-refractivity contribution in [1.29, 1.82) is 0 Å². The minimum Gasteiger partial charge on any atom is -0.298 e. The molecule has 1 aromatic carbocycles. The van der Waals surface area contributed by atoms with Gasteiger partial charge in [0.1, 0.15) is 0 Å². The summed E-state index contributed by atoms with van der Waals surface area (Å²) >= 11 is 1.49. The van der Waals surface area contributed by atoms with E-state index in [0.29, 0.717) is 10.7 Å². The van der Waals surface area contributed by atoms with Crippen LogP contribution in [0, 0.1) is 0 Å². The van der Waals surface area contributed by atoms with E-state index in [1.807, 2.05) is 42.6 Å². The molecule has 0 saturated carbocycles. The first-order valence-electron chi connectivity index (χ1n) is 9.72. The Morgan fingerprint density at radius 2 is 2.11 bits per heavy atom. The number of thiazole rings is 1. The molecule has 1 fully saturated rings. The molecular weight excluding hydrogens is 368 g/mol. The minimum absolute atomic E-state index is 0.111. The van der Waals surface area contributed by atoms with E-state index in [-0.39, 0.29) is 11.9 Å². The monoisotopic (exact) mass is 392 g/mol. The average Bonchev–Trinajstić information content (AvgIpc) is 3.38. The van der Waals surface area contributed by atoms with Gasteiger partial charge in [-0.1, -0.05) is 25.1 Å². The third-order valence-corrected chi connectivity index (χ3v) is 5.94. The van der Waals surface area contributed by atoms with Crippen LogP contribution < -0.4 is 5.32 Å². The summed E-state index contributed by atoms with van der Waals surface area (Å²) in [7, 11) is 0. The van der Waals surface area contributed by atoms with Crippen LogP contribution in [0.2, 0.25) is 0 Å². The van der Waals surface area contributed by atoms with Gasteiger partial charge in [-0.05, 0) is 55.6 Å². The zero-order chi connectivity index (χ0) is 19.3. The number of hydrogen-bond acceptors (Lipinski definition) is 5. The SMILES string of the molecule is CCc1ccc(C(=O)Nc2nc([C@@H]3CCCN3Cc3ccccn3)cs2)cc1. The summed E-state index contributed by atoms with van der Waals surface area (Å²) in [5.74, 6) is -0.111. The molecule has 2 aromatic heterocycles. The van der Waals surface area contributed by atoms with Crippen LogP contribution in [-0.2, 0) is 13.0 Å². The number of pyridine rings is 1. The summed E-state index contributed by atoms with van der Waals surface area (Å²) < 4.78 is 0. The number of anilines is 1. The van der Waals surface area contributed by atoms with Gasteiger partial charge < -0.3 is 0 Å². The number of carbonyl (C=O) groups is 1. The molecule has 1 aliphatic heterocycles. The van der Waals surface area contributed by atoms with Crippen LogP contribution in [0.15, 0.2) is 54.0 Å². The van der Waals surface area contributed by atoms with Crippen LogP contribution in [0.3, 0.4) is 0 Å². The number of benzene rings is 1. The topological polar surface area (TPSA) is 58.1 Å². The van der Waals surface area contributed by atoms with Gasteiger partial charge in [-0.3, -0.25) is 20.0 Å².